The molecule has 0 aliphatic heterocycles. The van der Waals surface area contributed by atoms with E-state index in [1.807, 2.05) is 19.2 Å². The maximum atomic E-state index is 5.26. The van der Waals surface area contributed by atoms with Crippen LogP contribution in [0, 0.1) is 0 Å². The first-order valence-corrected chi connectivity index (χ1v) is 5.63. The molecule has 18 heavy (non-hydrogen) atoms. The first-order valence-electron chi connectivity index (χ1n) is 5.63. The molecule has 0 fully saturated rings. The number of tetrazole rings is 1. The molecule has 2 rings (SSSR count). The van der Waals surface area contributed by atoms with E-state index in [1.165, 1.54) is 4.80 Å². The Hall–Kier alpha value is -2.02. The van der Waals surface area contributed by atoms with Crippen LogP contribution >= 0.6 is 0 Å². The Kier molecular flexibility index (Phi) is 3.83. The zero-order valence-corrected chi connectivity index (χ0v) is 10.7. The smallest absolute Gasteiger partial charge is 0.217 e. The van der Waals surface area contributed by atoms with E-state index in [9.17, 15) is 0 Å². The summed E-state index contributed by atoms with van der Waals surface area (Å²) < 4.78 is 5.26. The van der Waals surface area contributed by atoms with Crippen molar-refractivity contribution in [1.29, 1.82) is 0 Å². The van der Waals surface area contributed by atoms with Crippen LogP contribution < -0.4 is 10.1 Å². The number of ether oxygens (including phenoxy) is 1. The number of pyridine rings is 1. The van der Waals surface area contributed by atoms with Gasteiger partial charge in [0.1, 0.15) is 0 Å². The monoisotopic (exact) mass is 248 g/mol. The molecule has 1 atom stereocenters. The number of aryl methyl sites for hydroxylation is 1. The van der Waals surface area contributed by atoms with Gasteiger partial charge in [0.25, 0.3) is 0 Å². The van der Waals surface area contributed by atoms with Gasteiger partial charge in [-0.1, -0.05) is 6.07 Å². The molecule has 2 heterocycles. The SMILES string of the molecule is CNC(Cc1nnn(C)n1)c1cccnc1OC. The Labute approximate surface area is 105 Å². The van der Waals surface area contributed by atoms with Gasteiger partial charge in [-0.25, -0.2) is 4.98 Å². The Morgan fingerprint density at radius 2 is 2.33 bits per heavy atom. The fourth-order valence-corrected chi connectivity index (χ4v) is 1.79. The number of rotatable bonds is 5. The molecule has 0 bridgehead atoms. The van der Waals surface area contributed by atoms with Gasteiger partial charge in [-0.15, -0.1) is 10.2 Å². The first-order chi connectivity index (χ1) is 8.74. The molecule has 0 aromatic carbocycles. The highest BCUT2D eigenvalue weighted by Gasteiger charge is 2.17. The van der Waals surface area contributed by atoms with E-state index in [4.69, 9.17) is 4.74 Å². The third-order valence-corrected chi connectivity index (χ3v) is 2.65. The molecule has 0 saturated carbocycles. The Morgan fingerprint density at radius 1 is 1.50 bits per heavy atom. The van der Waals surface area contributed by atoms with Gasteiger partial charge in [-0.3, -0.25) is 0 Å². The summed E-state index contributed by atoms with van der Waals surface area (Å²) in [6.45, 7) is 0. The fraction of sp³-hybridized carbons (Fsp3) is 0.455. The summed E-state index contributed by atoms with van der Waals surface area (Å²) in [6, 6.07) is 3.90. The van der Waals surface area contributed by atoms with Crippen molar-refractivity contribution < 1.29 is 4.74 Å². The van der Waals surface area contributed by atoms with Crippen LogP contribution in [0.1, 0.15) is 17.4 Å². The van der Waals surface area contributed by atoms with E-state index in [2.05, 4.69) is 25.7 Å². The average molecular weight is 248 g/mol. The van der Waals surface area contributed by atoms with Crippen LogP contribution in [0.2, 0.25) is 0 Å². The second-order valence-corrected chi connectivity index (χ2v) is 3.84. The van der Waals surface area contributed by atoms with E-state index >= 15 is 0 Å². The molecular weight excluding hydrogens is 232 g/mol. The molecule has 0 radical (unpaired) electrons. The highest BCUT2D eigenvalue weighted by Crippen LogP contribution is 2.23. The number of hydrogen-bond acceptors (Lipinski definition) is 6. The molecule has 1 N–H and O–H groups in total. The number of hydrogen-bond donors (Lipinski definition) is 1. The minimum Gasteiger partial charge on any atom is -0.481 e. The fourth-order valence-electron chi connectivity index (χ4n) is 1.79. The minimum atomic E-state index is 0.0397. The van der Waals surface area contributed by atoms with E-state index < -0.39 is 0 Å². The lowest BCUT2D eigenvalue weighted by molar-refractivity contribution is 0.383. The van der Waals surface area contributed by atoms with Crippen molar-refractivity contribution >= 4 is 0 Å². The number of likely N-dealkylation sites (N-methyl/N-ethyl adjacent to an activating group) is 1. The lowest BCUT2D eigenvalue weighted by Crippen LogP contribution is -2.20. The van der Waals surface area contributed by atoms with Crippen LogP contribution in [-0.4, -0.2) is 39.3 Å². The molecule has 96 valence electrons. The van der Waals surface area contributed by atoms with E-state index in [0.717, 1.165) is 5.56 Å². The minimum absolute atomic E-state index is 0.0397. The Balaban J connectivity index is 2.22. The lowest BCUT2D eigenvalue weighted by atomic mass is 10.1. The molecular formula is C11H16N6O. The highest BCUT2D eigenvalue weighted by atomic mass is 16.5. The molecule has 0 amide bonds. The van der Waals surface area contributed by atoms with Gasteiger partial charge in [0.2, 0.25) is 5.88 Å². The van der Waals surface area contributed by atoms with Crippen molar-refractivity contribution in [3.8, 4) is 5.88 Å². The van der Waals surface area contributed by atoms with Gasteiger partial charge in [0.15, 0.2) is 5.82 Å². The molecule has 0 saturated heterocycles. The Morgan fingerprint density at radius 3 is 2.94 bits per heavy atom. The number of aromatic nitrogens is 5. The largest absolute Gasteiger partial charge is 0.481 e. The normalized spacial score (nSPS) is 12.4. The highest BCUT2D eigenvalue weighted by molar-refractivity contribution is 5.29. The second-order valence-electron chi connectivity index (χ2n) is 3.84. The lowest BCUT2D eigenvalue weighted by Gasteiger charge is -2.16. The standard InChI is InChI=1S/C11H16N6O/c1-12-9(7-10-14-16-17(2)15-10)8-5-4-6-13-11(8)18-3/h4-6,9,12H,7H2,1-3H3. The van der Waals surface area contributed by atoms with Gasteiger partial charge in [-0.05, 0) is 18.3 Å². The second kappa shape index (κ2) is 5.54. The van der Waals surface area contributed by atoms with E-state index in [0.29, 0.717) is 18.1 Å². The summed E-state index contributed by atoms with van der Waals surface area (Å²) in [6.07, 6.45) is 2.34. The van der Waals surface area contributed by atoms with Crippen LogP contribution in [-0.2, 0) is 13.5 Å². The molecule has 0 aliphatic rings. The zero-order valence-electron chi connectivity index (χ0n) is 10.7. The molecule has 0 spiro atoms. The number of methoxy groups -OCH3 is 1. The van der Waals surface area contributed by atoms with E-state index in [1.54, 1.807) is 20.4 Å². The zero-order chi connectivity index (χ0) is 13.0. The van der Waals surface area contributed by atoms with Gasteiger partial charge in [0.05, 0.1) is 14.2 Å². The maximum absolute atomic E-state index is 5.26. The maximum Gasteiger partial charge on any atom is 0.217 e. The summed E-state index contributed by atoms with van der Waals surface area (Å²) in [5.41, 5.74) is 0.981. The summed E-state index contributed by atoms with van der Waals surface area (Å²) >= 11 is 0. The van der Waals surface area contributed by atoms with Crippen molar-refractivity contribution in [2.24, 2.45) is 7.05 Å². The first kappa shape index (κ1) is 12.4. The predicted molar refractivity (Wildman–Crippen MR) is 65.1 cm³/mol. The summed E-state index contributed by atoms with van der Waals surface area (Å²) in [5.74, 6) is 1.29. The molecule has 1 unspecified atom stereocenters. The topological polar surface area (TPSA) is 77.8 Å². The van der Waals surface area contributed by atoms with E-state index in [-0.39, 0.29) is 6.04 Å². The Bertz CT molecular complexity index is 512. The van der Waals surface area contributed by atoms with Crippen LogP contribution in [0.4, 0.5) is 0 Å². The number of nitrogens with one attached hydrogen (secondary N) is 1. The van der Waals surface area contributed by atoms with Gasteiger partial charge in [-0.2, -0.15) is 4.80 Å². The van der Waals surface area contributed by atoms with Crippen molar-refractivity contribution in [3.05, 3.63) is 29.7 Å². The van der Waals surface area contributed by atoms with Crippen LogP contribution in [0.25, 0.3) is 0 Å². The van der Waals surface area contributed by atoms with Gasteiger partial charge in [0, 0.05) is 24.2 Å². The summed E-state index contributed by atoms with van der Waals surface area (Å²) in [4.78, 5) is 5.64. The third-order valence-electron chi connectivity index (χ3n) is 2.65. The van der Waals surface area contributed by atoms with Crippen molar-refractivity contribution in [2.45, 2.75) is 12.5 Å². The molecule has 7 heteroatoms. The van der Waals surface area contributed by atoms with Crippen LogP contribution in [0.15, 0.2) is 18.3 Å². The predicted octanol–water partition coefficient (Wildman–Crippen LogP) is 0.117. The molecule has 2 aromatic heterocycles. The van der Waals surface area contributed by atoms with Crippen molar-refractivity contribution in [2.75, 3.05) is 14.2 Å². The molecule has 2 aromatic rings. The quantitative estimate of drug-likeness (QED) is 0.809. The third kappa shape index (κ3) is 2.62. The molecule has 0 aliphatic carbocycles. The molecule has 7 nitrogen and oxygen atoms in total. The van der Waals surface area contributed by atoms with Crippen LogP contribution in [0.5, 0.6) is 5.88 Å². The van der Waals surface area contributed by atoms with Crippen LogP contribution in [0.3, 0.4) is 0 Å². The summed E-state index contributed by atoms with van der Waals surface area (Å²) in [7, 11) is 5.24. The average Bonchev–Trinajstić information content (AvgIpc) is 2.81. The van der Waals surface area contributed by atoms with Crippen molar-refractivity contribution in [1.82, 2.24) is 30.5 Å². The summed E-state index contributed by atoms with van der Waals surface area (Å²) in [5, 5.41) is 15.2. The van der Waals surface area contributed by atoms with Gasteiger partial charge < -0.3 is 10.1 Å². The van der Waals surface area contributed by atoms with Gasteiger partial charge >= 0.3 is 0 Å². The number of nitrogens with zero attached hydrogens (tertiary/aromatic N) is 5. The van der Waals surface area contributed by atoms with Crippen molar-refractivity contribution in [3.63, 3.8) is 0 Å².